The van der Waals surface area contributed by atoms with Gasteiger partial charge in [-0.25, -0.2) is 4.79 Å². The van der Waals surface area contributed by atoms with Gasteiger partial charge in [0.25, 0.3) is 0 Å². The van der Waals surface area contributed by atoms with Crippen molar-refractivity contribution >= 4 is 16.9 Å². The Hall–Kier alpha value is -2.79. The maximum Gasteiger partial charge on any atom is 0.315 e. The molecule has 1 aliphatic rings. The third-order valence-corrected chi connectivity index (χ3v) is 5.18. The van der Waals surface area contributed by atoms with E-state index in [-0.39, 0.29) is 12.1 Å². The molecule has 4 rings (SSSR count). The maximum absolute atomic E-state index is 12.3. The van der Waals surface area contributed by atoms with Gasteiger partial charge in [0.2, 0.25) is 0 Å². The summed E-state index contributed by atoms with van der Waals surface area (Å²) in [5.74, 6) is 0. The second-order valence-corrected chi connectivity index (χ2v) is 6.91. The largest absolute Gasteiger partial charge is 0.390 e. The van der Waals surface area contributed by atoms with Crippen LogP contribution in [0, 0.1) is 6.92 Å². The molecule has 0 saturated carbocycles. The Kier molecular flexibility index (Phi) is 4.39. The van der Waals surface area contributed by atoms with Gasteiger partial charge in [0.05, 0.1) is 12.1 Å². The minimum absolute atomic E-state index is 0.248. The van der Waals surface area contributed by atoms with Crippen LogP contribution in [0.1, 0.15) is 28.3 Å². The SMILES string of the molecule is Cc1cccc2c(CCNC(=O)N[C@@H]3c4ccccc4C[C@@H]3O)c[nH]c12. The molecule has 2 aromatic carbocycles. The molecule has 0 radical (unpaired) electrons. The Labute approximate surface area is 152 Å². The predicted octanol–water partition coefficient (Wildman–Crippen LogP) is 2.98. The quantitative estimate of drug-likeness (QED) is 0.584. The number of aromatic nitrogens is 1. The number of aryl methyl sites for hydroxylation is 1. The summed E-state index contributed by atoms with van der Waals surface area (Å²) < 4.78 is 0. The zero-order valence-corrected chi connectivity index (χ0v) is 14.8. The number of rotatable bonds is 4. The predicted molar refractivity (Wildman–Crippen MR) is 102 cm³/mol. The van der Waals surface area contributed by atoms with Crippen LogP contribution in [0.3, 0.4) is 0 Å². The van der Waals surface area contributed by atoms with Gasteiger partial charge in [0, 0.05) is 30.1 Å². The van der Waals surface area contributed by atoms with Gasteiger partial charge in [-0.1, -0.05) is 42.5 Å². The van der Waals surface area contributed by atoms with E-state index < -0.39 is 6.10 Å². The molecule has 0 spiro atoms. The van der Waals surface area contributed by atoms with Crippen LogP contribution >= 0.6 is 0 Å². The Bertz CT molecular complexity index is 947. The van der Waals surface area contributed by atoms with Crippen molar-refractivity contribution in [3.8, 4) is 0 Å². The lowest BCUT2D eigenvalue weighted by Gasteiger charge is -2.18. The number of urea groups is 1. The van der Waals surface area contributed by atoms with E-state index in [2.05, 4.69) is 34.7 Å². The molecule has 0 bridgehead atoms. The minimum atomic E-state index is -0.574. The average Bonchev–Trinajstić information content (AvgIpc) is 3.18. The number of carbonyl (C=O) groups excluding carboxylic acids is 1. The number of hydrogen-bond donors (Lipinski definition) is 4. The third-order valence-electron chi connectivity index (χ3n) is 5.18. The smallest absolute Gasteiger partial charge is 0.315 e. The van der Waals surface area contributed by atoms with E-state index in [0.29, 0.717) is 13.0 Å². The van der Waals surface area contributed by atoms with Gasteiger partial charge in [-0.15, -0.1) is 0 Å². The molecular weight excluding hydrogens is 326 g/mol. The second-order valence-electron chi connectivity index (χ2n) is 6.91. The average molecular weight is 349 g/mol. The van der Waals surface area contributed by atoms with E-state index in [9.17, 15) is 9.90 Å². The number of nitrogens with one attached hydrogen (secondary N) is 3. The Balaban J connectivity index is 1.35. The number of aliphatic hydroxyl groups excluding tert-OH is 1. The zero-order chi connectivity index (χ0) is 18.1. The highest BCUT2D eigenvalue weighted by Gasteiger charge is 2.31. The third kappa shape index (κ3) is 3.06. The molecule has 0 unspecified atom stereocenters. The molecule has 26 heavy (non-hydrogen) atoms. The number of aliphatic hydroxyl groups is 1. The first-order valence-corrected chi connectivity index (χ1v) is 8.99. The number of H-pyrrole nitrogens is 1. The number of para-hydroxylation sites is 1. The summed E-state index contributed by atoms with van der Waals surface area (Å²) in [7, 11) is 0. The molecule has 134 valence electrons. The molecule has 0 aliphatic heterocycles. The Morgan fingerprint density at radius 2 is 2.08 bits per heavy atom. The molecule has 3 aromatic rings. The van der Waals surface area contributed by atoms with E-state index >= 15 is 0 Å². The zero-order valence-electron chi connectivity index (χ0n) is 14.8. The fourth-order valence-corrected chi connectivity index (χ4v) is 3.82. The van der Waals surface area contributed by atoms with Crippen LogP contribution in [0.5, 0.6) is 0 Å². The lowest BCUT2D eigenvalue weighted by Crippen LogP contribution is -2.41. The number of benzene rings is 2. The topological polar surface area (TPSA) is 77.2 Å². The van der Waals surface area contributed by atoms with Crippen LogP contribution in [0.25, 0.3) is 10.9 Å². The monoisotopic (exact) mass is 349 g/mol. The van der Waals surface area contributed by atoms with Gasteiger partial charge < -0.3 is 20.7 Å². The van der Waals surface area contributed by atoms with Crippen molar-refractivity contribution in [3.05, 3.63) is 70.9 Å². The van der Waals surface area contributed by atoms with Gasteiger partial charge in [-0.2, -0.15) is 0 Å². The van der Waals surface area contributed by atoms with Crippen LogP contribution in [-0.4, -0.2) is 28.8 Å². The summed E-state index contributed by atoms with van der Waals surface area (Å²) in [5, 5.41) is 17.2. The highest BCUT2D eigenvalue weighted by atomic mass is 16.3. The van der Waals surface area contributed by atoms with Gasteiger partial charge in [-0.3, -0.25) is 0 Å². The fraction of sp³-hybridized carbons (Fsp3) is 0.286. The summed E-state index contributed by atoms with van der Waals surface area (Å²) in [4.78, 5) is 15.6. The lowest BCUT2D eigenvalue weighted by molar-refractivity contribution is 0.142. The molecule has 0 saturated heterocycles. The number of hydrogen-bond acceptors (Lipinski definition) is 2. The number of fused-ring (bicyclic) bond motifs is 2. The molecule has 5 nitrogen and oxygen atoms in total. The highest BCUT2D eigenvalue weighted by Crippen LogP contribution is 2.31. The molecule has 5 heteroatoms. The summed E-state index contributed by atoms with van der Waals surface area (Å²) in [6.45, 7) is 2.62. The van der Waals surface area contributed by atoms with E-state index in [1.54, 1.807) is 0 Å². The number of aromatic amines is 1. The summed E-state index contributed by atoms with van der Waals surface area (Å²) >= 11 is 0. The second kappa shape index (κ2) is 6.84. The summed E-state index contributed by atoms with van der Waals surface area (Å²) in [6, 6.07) is 13.5. The van der Waals surface area contributed by atoms with Gasteiger partial charge in [0.15, 0.2) is 0 Å². The van der Waals surface area contributed by atoms with E-state index in [4.69, 9.17) is 0 Å². The molecule has 1 aromatic heterocycles. The number of amides is 2. The Morgan fingerprint density at radius 1 is 1.23 bits per heavy atom. The van der Waals surface area contributed by atoms with E-state index in [0.717, 1.165) is 23.1 Å². The van der Waals surface area contributed by atoms with Crippen molar-refractivity contribution in [3.63, 3.8) is 0 Å². The summed E-state index contributed by atoms with van der Waals surface area (Å²) in [5.41, 5.74) is 5.66. The van der Waals surface area contributed by atoms with Gasteiger partial charge in [0.1, 0.15) is 0 Å². The van der Waals surface area contributed by atoms with Crippen LogP contribution in [0.15, 0.2) is 48.7 Å². The lowest BCUT2D eigenvalue weighted by atomic mass is 10.1. The van der Waals surface area contributed by atoms with Crippen molar-refractivity contribution in [1.29, 1.82) is 0 Å². The molecule has 2 amide bonds. The van der Waals surface area contributed by atoms with Crippen LogP contribution in [-0.2, 0) is 12.8 Å². The molecule has 1 aliphatic carbocycles. The Morgan fingerprint density at radius 3 is 2.96 bits per heavy atom. The molecule has 0 fully saturated rings. The van der Waals surface area contributed by atoms with Crippen molar-refractivity contribution in [2.75, 3.05) is 6.54 Å². The summed E-state index contributed by atoms with van der Waals surface area (Å²) in [6.07, 6.45) is 2.76. The normalized spacial score (nSPS) is 18.7. The molecular formula is C21H23N3O2. The first kappa shape index (κ1) is 16.7. The molecule has 2 atom stereocenters. The first-order chi connectivity index (χ1) is 12.6. The minimum Gasteiger partial charge on any atom is -0.390 e. The van der Waals surface area contributed by atoms with Crippen LogP contribution < -0.4 is 10.6 Å². The van der Waals surface area contributed by atoms with Crippen molar-refractivity contribution in [2.45, 2.75) is 31.9 Å². The number of carbonyl (C=O) groups is 1. The standard InChI is InChI=1S/C21H23N3O2/c1-13-5-4-8-17-15(12-23-19(13)17)9-10-22-21(26)24-20-16-7-3-2-6-14(16)11-18(20)25/h2-8,12,18,20,23,25H,9-11H2,1H3,(H2,22,24,26)/t18-,20+/m0/s1. The first-order valence-electron chi connectivity index (χ1n) is 8.99. The van der Waals surface area contributed by atoms with Crippen molar-refractivity contribution in [2.24, 2.45) is 0 Å². The fourth-order valence-electron chi connectivity index (χ4n) is 3.82. The van der Waals surface area contributed by atoms with E-state index in [1.807, 2.05) is 36.5 Å². The maximum atomic E-state index is 12.3. The van der Waals surface area contributed by atoms with Gasteiger partial charge >= 0.3 is 6.03 Å². The highest BCUT2D eigenvalue weighted by molar-refractivity contribution is 5.86. The van der Waals surface area contributed by atoms with Crippen LogP contribution in [0.4, 0.5) is 4.79 Å². The van der Waals surface area contributed by atoms with E-state index in [1.165, 1.54) is 16.5 Å². The van der Waals surface area contributed by atoms with Crippen molar-refractivity contribution < 1.29 is 9.90 Å². The van der Waals surface area contributed by atoms with Crippen molar-refractivity contribution in [1.82, 2.24) is 15.6 Å². The molecule has 4 N–H and O–H groups in total. The van der Waals surface area contributed by atoms with Gasteiger partial charge in [-0.05, 0) is 35.6 Å². The molecule has 1 heterocycles. The van der Waals surface area contributed by atoms with Crippen LogP contribution in [0.2, 0.25) is 0 Å².